The second-order valence-corrected chi connectivity index (χ2v) is 5.65. The van der Waals surface area contributed by atoms with E-state index in [2.05, 4.69) is 0 Å². The summed E-state index contributed by atoms with van der Waals surface area (Å²) in [5, 5.41) is 17.9. The standard InChI is InChI=1S/C11H6Cl2O7/c1-11(12,13)10(18)20-4-2-3-5(8(14)15)6(9(16)17)7(4)19-3/h2H,1H3,(H,14,15)(H,16,17). The summed E-state index contributed by atoms with van der Waals surface area (Å²) >= 11 is 11.1. The molecule has 7 nitrogen and oxygen atoms in total. The molecule has 20 heavy (non-hydrogen) atoms. The van der Waals surface area contributed by atoms with Crippen LogP contribution in [0, 0.1) is 0 Å². The Kier molecular flexibility index (Phi) is 3.27. The molecule has 0 fully saturated rings. The number of furan rings is 2. The number of carboxylic acids is 2. The molecule has 106 valence electrons. The summed E-state index contributed by atoms with van der Waals surface area (Å²) in [5.41, 5.74) is -1.69. The van der Waals surface area contributed by atoms with E-state index in [1.54, 1.807) is 0 Å². The van der Waals surface area contributed by atoms with Crippen molar-refractivity contribution in [3.63, 3.8) is 0 Å². The van der Waals surface area contributed by atoms with Crippen LogP contribution in [0.5, 0.6) is 5.75 Å². The van der Waals surface area contributed by atoms with Crippen LogP contribution in [0.1, 0.15) is 27.6 Å². The van der Waals surface area contributed by atoms with Crippen molar-refractivity contribution in [3.8, 4) is 5.75 Å². The summed E-state index contributed by atoms with van der Waals surface area (Å²) < 4.78 is 7.95. The van der Waals surface area contributed by atoms with Crippen molar-refractivity contribution in [2.45, 2.75) is 11.3 Å². The first-order valence-corrected chi connectivity index (χ1v) is 5.84. The lowest BCUT2D eigenvalue weighted by Crippen LogP contribution is -2.27. The molecule has 2 rings (SSSR count). The fraction of sp³-hybridized carbons (Fsp3) is 0.182. The Labute approximate surface area is 121 Å². The Hall–Kier alpha value is -1.99. The number of esters is 1. The number of fused-ring (bicyclic) bond motifs is 2. The molecule has 2 heterocycles. The lowest BCUT2D eigenvalue weighted by Gasteiger charge is -2.11. The minimum absolute atomic E-state index is 0.224. The molecule has 2 aromatic heterocycles. The molecule has 0 aromatic carbocycles. The van der Waals surface area contributed by atoms with Crippen LogP contribution in [0.4, 0.5) is 0 Å². The third-order valence-electron chi connectivity index (χ3n) is 2.41. The van der Waals surface area contributed by atoms with Crippen LogP contribution in [0.3, 0.4) is 0 Å². The number of alkyl halides is 2. The number of aromatic carboxylic acids is 2. The highest BCUT2D eigenvalue weighted by molar-refractivity contribution is 6.57. The van der Waals surface area contributed by atoms with Crippen molar-refractivity contribution in [2.24, 2.45) is 0 Å². The minimum Gasteiger partial charge on any atom is -0.478 e. The van der Waals surface area contributed by atoms with Gasteiger partial charge in [0.05, 0.1) is 0 Å². The normalized spacial score (nSPS) is 11.8. The number of hydrogen-bond acceptors (Lipinski definition) is 5. The van der Waals surface area contributed by atoms with Crippen LogP contribution in [0.15, 0.2) is 10.5 Å². The van der Waals surface area contributed by atoms with E-state index in [9.17, 15) is 14.4 Å². The molecule has 2 N–H and O–H groups in total. The number of ether oxygens (including phenoxy) is 1. The quantitative estimate of drug-likeness (QED) is 0.505. The lowest BCUT2D eigenvalue weighted by atomic mass is 10.1. The van der Waals surface area contributed by atoms with Crippen LogP contribution in [0.25, 0.3) is 11.2 Å². The molecule has 0 spiro atoms. The van der Waals surface area contributed by atoms with Gasteiger partial charge in [0.25, 0.3) is 0 Å². The van der Waals surface area contributed by atoms with Gasteiger partial charge >= 0.3 is 17.9 Å². The maximum Gasteiger partial charge on any atom is 0.347 e. The third-order valence-corrected chi connectivity index (χ3v) is 2.72. The van der Waals surface area contributed by atoms with Gasteiger partial charge < -0.3 is 19.4 Å². The third kappa shape index (κ3) is 2.25. The molecular formula is C11H6Cl2O7. The zero-order valence-corrected chi connectivity index (χ0v) is 11.3. The van der Waals surface area contributed by atoms with E-state index >= 15 is 0 Å². The van der Waals surface area contributed by atoms with Crippen molar-refractivity contribution in [1.82, 2.24) is 0 Å². The highest BCUT2D eigenvalue weighted by Gasteiger charge is 2.35. The number of carbonyl (C=O) groups excluding carboxylic acids is 1. The molecule has 0 saturated heterocycles. The van der Waals surface area contributed by atoms with E-state index in [0.29, 0.717) is 0 Å². The SMILES string of the molecule is CC(Cl)(Cl)C(=O)Oc1cc2oc1c(C(=O)O)c2C(=O)O. The predicted molar refractivity (Wildman–Crippen MR) is 67.1 cm³/mol. The monoisotopic (exact) mass is 320 g/mol. The van der Waals surface area contributed by atoms with Gasteiger partial charge in [-0.15, -0.1) is 0 Å². The van der Waals surface area contributed by atoms with Gasteiger partial charge in [-0.3, -0.25) is 0 Å². The first kappa shape index (κ1) is 14.4. The van der Waals surface area contributed by atoms with Gasteiger partial charge in [0.2, 0.25) is 4.33 Å². The summed E-state index contributed by atoms with van der Waals surface area (Å²) in [6.45, 7) is 1.17. The van der Waals surface area contributed by atoms with Gasteiger partial charge in [0.15, 0.2) is 11.3 Å². The average molecular weight is 321 g/mol. The maximum atomic E-state index is 11.5. The van der Waals surface area contributed by atoms with Gasteiger partial charge in [0, 0.05) is 6.07 Å². The molecule has 0 radical (unpaired) electrons. The number of carbonyl (C=O) groups is 3. The average Bonchev–Trinajstić information content (AvgIpc) is 2.83. The van der Waals surface area contributed by atoms with E-state index in [1.165, 1.54) is 6.92 Å². The summed E-state index contributed by atoms with van der Waals surface area (Å²) in [7, 11) is 0. The van der Waals surface area contributed by atoms with E-state index < -0.39 is 33.4 Å². The van der Waals surface area contributed by atoms with Crippen molar-refractivity contribution in [3.05, 3.63) is 17.2 Å². The zero-order chi connectivity index (χ0) is 15.2. The number of rotatable bonds is 4. The molecular weight excluding hydrogens is 315 g/mol. The Balaban J connectivity index is 2.50. The predicted octanol–water partition coefficient (Wildman–Crippen LogP) is 2.37. The second-order valence-electron chi connectivity index (χ2n) is 3.94. The van der Waals surface area contributed by atoms with Crippen LogP contribution in [-0.2, 0) is 4.79 Å². The van der Waals surface area contributed by atoms with Crippen molar-refractivity contribution in [1.29, 1.82) is 0 Å². The Morgan fingerprint density at radius 3 is 2.20 bits per heavy atom. The van der Waals surface area contributed by atoms with E-state index in [4.69, 9.17) is 42.6 Å². The number of carboxylic acid groups (broad SMARTS) is 2. The molecule has 0 aliphatic heterocycles. The first-order valence-electron chi connectivity index (χ1n) is 5.08. The van der Waals surface area contributed by atoms with Gasteiger partial charge in [-0.1, -0.05) is 23.2 Å². The first-order chi connectivity index (χ1) is 9.12. The highest BCUT2D eigenvalue weighted by atomic mass is 35.5. The van der Waals surface area contributed by atoms with Gasteiger partial charge in [-0.25, -0.2) is 14.4 Å². The summed E-state index contributed by atoms with van der Waals surface area (Å²) in [5.74, 6) is -4.28. The maximum absolute atomic E-state index is 11.5. The second kappa shape index (κ2) is 4.53. The smallest absolute Gasteiger partial charge is 0.347 e. The Morgan fingerprint density at radius 2 is 1.75 bits per heavy atom. The van der Waals surface area contributed by atoms with Crippen LogP contribution in [0.2, 0.25) is 0 Å². The lowest BCUT2D eigenvalue weighted by molar-refractivity contribution is -0.134. The molecule has 2 aromatic rings. The number of hydrogen-bond donors (Lipinski definition) is 2. The fourth-order valence-corrected chi connectivity index (χ4v) is 1.67. The summed E-state index contributed by atoms with van der Waals surface area (Å²) in [6, 6.07) is 1.09. The van der Waals surface area contributed by atoms with E-state index in [-0.39, 0.29) is 16.9 Å². The van der Waals surface area contributed by atoms with Crippen LogP contribution in [-0.4, -0.2) is 32.5 Å². The molecule has 0 aliphatic rings. The van der Waals surface area contributed by atoms with Gasteiger partial charge in [0.1, 0.15) is 16.7 Å². The molecule has 9 heteroatoms. The Morgan fingerprint density at radius 1 is 1.20 bits per heavy atom. The summed E-state index contributed by atoms with van der Waals surface area (Å²) in [4.78, 5) is 33.6. The Bertz CT molecular complexity index is 710. The summed E-state index contributed by atoms with van der Waals surface area (Å²) in [6.07, 6.45) is 0. The minimum atomic E-state index is -1.84. The van der Waals surface area contributed by atoms with E-state index in [0.717, 1.165) is 6.07 Å². The molecule has 0 amide bonds. The number of halogens is 2. The van der Waals surface area contributed by atoms with E-state index in [1.807, 2.05) is 0 Å². The largest absolute Gasteiger partial charge is 0.478 e. The highest BCUT2D eigenvalue weighted by Crippen LogP contribution is 2.38. The van der Waals surface area contributed by atoms with Crippen molar-refractivity contribution < 1.29 is 33.8 Å². The van der Waals surface area contributed by atoms with Crippen molar-refractivity contribution in [2.75, 3.05) is 0 Å². The number of benzene rings is 1. The van der Waals surface area contributed by atoms with Gasteiger partial charge in [-0.05, 0) is 6.92 Å². The molecule has 0 atom stereocenters. The molecule has 0 aliphatic carbocycles. The topological polar surface area (TPSA) is 114 Å². The zero-order valence-electron chi connectivity index (χ0n) is 9.77. The molecule has 0 unspecified atom stereocenters. The van der Waals surface area contributed by atoms with Crippen LogP contribution >= 0.6 is 23.2 Å². The van der Waals surface area contributed by atoms with Crippen molar-refractivity contribution >= 4 is 52.3 Å². The fourth-order valence-electron chi connectivity index (χ4n) is 1.59. The molecule has 0 saturated carbocycles. The van der Waals surface area contributed by atoms with Crippen LogP contribution < -0.4 is 4.74 Å². The molecule has 2 bridgehead atoms. The van der Waals surface area contributed by atoms with Gasteiger partial charge in [-0.2, -0.15) is 0 Å².